The van der Waals surface area contributed by atoms with Crippen molar-refractivity contribution in [3.05, 3.63) is 29.8 Å². The molecule has 1 aliphatic heterocycles. The van der Waals surface area contributed by atoms with Crippen LogP contribution in [0.1, 0.15) is 43.5 Å². The van der Waals surface area contributed by atoms with Gasteiger partial charge in [0.05, 0.1) is 6.54 Å². The van der Waals surface area contributed by atoms with Crippen molar-refractivity contribution < 1.29 is 9.59 Å². The van der Waals surface area contributed by atoms with Gasteiger partial charge in [-0.05, 0) is 51.4 Å². The number of hydrogen-bond acceptors (Lipinski definition) is 3. The third-order valence-corrected chi connectivity index (χ3v) is 4.03. The van der Waals surface area contributed by atoms with Gasteiger partial charge in [-0.25, -0.2) is 0 Å². The van der Waals surface area contributed by atoms with Gasteiger partial charge in [0.1, 0.15) is 0 Å². The smallest absolute Gasteiger partial charge is 0.251 e. The van der Waals surface area contributed by atoms with E-state index in [0.29, 0.717) is 30.4 Å². The van der Waals surface area contributed by atoms with E-state index in [-0.39, 0.29) is 11.8 Å². The molecule has 0 aliphatic carbocycles. The van der Waals surface area contributed by atoms with Crippen LogP contribution in [0.3, 0.4) is 0 Å². The molecule has 0 saturated carbocycles. The highest BCUT2D eigenvalue weighted by atomic mass is 16.2. The number of anilines is 1. The van der Waals surface area contributed by atoms with E-state index in [1.165, 1.54) is 6.42 Å². The minimum absolute atomic E-state index is 0.0261. The lowest BCUT2D eigenvalue weighted by atomic mass is 10.0. The summed E-state index contributed by atoms with van der Waals surface area (Å²) in [7, 11) is 0. The van der Waals surface area contributed by atoms with Crippen molar-refractivity contribution in [3.63, 3.8) is 0 Å². The molecule has 0 aromatic heterocycles. The van der Waals surface area contributed by atoms with Gasteiger partial charge in [0, 0.05) is 23.8 Å². The molecule has 1 aromatic carbocycles. The summed E-state index contributed by atoms with van der Waals surface area (Å²) < 4.78 is 0. The predicted molar refractivity (Wildman–Crippen MR) is 88.0 cm³/mol. The molecular weight excluding hydrogens is 278 g/mol. The van der Waals surface area contributed by atoms with E-state index in [2.05, 4.69) is 22.5 Å². The van der Waals surface area contributed by atoms with Crippen molar-refractivity contribution in [2.45, 2.75) is 39.2 Å². The van der Waals surface area contributed by atoms with Gasteiger partial charge in [0.2, 0.25) is 5.91 Å². The second kappa shape index (κ2) is 7.94. The van der Waals surface area contributed by atoms with Crippen molar-refractivity contribution >= 4 is 17.5 Å². The van der Waals surface area contributed by atoms with Gasteiger partial charge in [0.25, 0.3) is 5.91 Å². The first-order valence-corrected chi connectivity index (χ1v) is 8.02. The molecular formula is C17H25N3O2. The predicted octanol–water partition coefficient (Wildman–Crippen LogP) is 2.25. The summed E-state index contributed by atoms with van der Waals surface area (Å²) in [5.74, 6) is -0.148. The summed E-state index contributed by atoms with van der Waals surface area (Å²) in [6.07, 6.45) is 3.55. The minimum atomic E-state index is -0.122. The number of amides is 2. The highest BCUT2D eigenvalue weighted by Gasteiger charge is 2.20. The normalized spacial score (nSPS) is 18.7. The Labute approximate surface area is 132 Å². The fraction of sp³-hybridized carbons (Fsp3) is 0.529. The minimum Gasteiger partial charge on any atom is -0.352 e. The Balaban J connectivity index is 1.93. The number of benzene rings is 1. The summed E-state index contributed by atoms with van der Waals surface area (Å²) >= 11 is 0. The molecule has 1 aromatic rings. The van der Waals surface area contributed by atoms with Gasteiger partial charge in [0.15, 0.2) is 0 Å². The Hall–Kier alpha value is -1.88. The Bertz CT molecular complexity index is 530. The molecule has 1 aliphatic rings. The van der Waals surface area contributed by atoms with Crippen molar-refractivity contribution in [2.75, 3.05) is 25.0 Å². The zero-order valence-corrected chi connectivity index (χ0v) is 13.4. The summed E-state index contributed by atoms with van der Waals surface area (Å²) in [6, 6.07) is 7.50. The molecule has 5 nitrogen and oxygen atoms in total. The maximum Gasteiger partial charge on any atom is 0.251 e. The van der Waals surface area contributed by atoms with Crippen LogP contribution in [0, 0.1) is 0 Å². The highest BCUT2D eigenvalue weighted by molar-refractivity contribution is 5.97. The Morgan fingerprint density at radius 1 is 1.32 bits per heavy atom. The quantitative estimate of drug-likeness (QED) is 0.877. The monoisotopic (exact) mass is 303 g/mol. The van der Waals surface area contributed by atoms with Gasteiger partial charge < -0.3 is 10.6 Å². The number of piperidine rings is 1. The van der Waals surface area contributed by atoms with E-state index >= 15 is 0 Å². The number of hydrogen-bond donors (Lipinski definition) is 2. The van der Waals surface area contributed by atoms with Gasteiger partial charge in [-0.3, -0.25) is 14.5 Å². The van der Waals surface area contributed by atoms with E-state index < -0.39 is 0 Å². The van der Waals surface area contributed by atoms with Gasteiger partial charge in [-0.2, -0.15) is 0 Å². The van der Waals surface area contributed by atoms with E-state index in [0.717, 1.165) is 19.4 Å². The molecule has 1 saturated heterocycles. The fourth-order valence-electron chi connectivity index (χ4n) is 2.78. The molecule has 1 atom stereocenters. The number of nitrogens with one attached hydrogen (secondary N) is 2. The number of likely N-dealkylation sites (tertiary alicyclic amines) is 1. The lowest BCUT2D eigenvalue weighted by molar-refractivity contribution is -0.118. The first-order chi connectivity index (χ1) is 10.6. The van der Waals surface area contributed by atoms with E-state index in [1.807, 2.05) is 6.92 Å². The van der Waals surface area contributed by atoms with Gasteiger partial charge >= 0.3 is 0 Å². The van der Waals surface area contributed by atoms with Crippen molar-refractivity contribution in [3.8, 4) is 0 Å². The fourth-order valence-corrected chi connectivity index (χ4v) is 2.78. The van der Waals surface area contributed by atoms with Crippen LogP contribution in [-0.4, -0.2) is 42.4 Å². The maximum atomic E-state index is 12.2. The molecule has 2 rings (SSSR count). The molecule has 2 N–H and O–H groups in total. The van der Waals surface area contributed by atoms with E-state index in [9.17, 15) is 9.59 Å². The highest BCUT2D eigenvalue weighted by Crippen LogP contribution is 2.16. The topological polar surface area (TPSA) is 61.4 Å². The number of carbonyl (C=O) groups is 2. The second-order valence-corrected chi connectivity index (χ2v) is 5.80. The van der Waals surface area contributed by atoms with Crippen LogP contribution < -0.4 is 10.6 Å². The van der Waals surface area contributed by atoms with Crippen LogP contribution >= 0.6 is 0 Å². The maximum absolute atomic E-state index is 12.2. The zero-order chi connectivity index (χ0) is 15.9. The van der Waals surface area contributed by atoms with E-state index in [1.54, 1.807) is 24.3 Å². The summed E-state index contributed by atoms with van der Waals surface area (Å²) in [5, 5.41) is 5.64. The van der Waals surface area contributed by atoms with Crippen LogP contribution in [0.5, 0.6) is 0 Å². The van der Waals surface area contributed by atoms with Crippen LogP contribution in [0.25, 0.3) is 0 Å². The van der Waals surface area contributed by atoms with Crippen LogP contribution in [0.4, 0.5) is 5.69 Å². The van der Waals surface area contributed by atoms with Crippen molar-refractivity contribution in [1.82, 2.24) is 10.2 Å². The molecule has 1 heterocycles. The molecule has 0 spiro atoms. The SMILES string of the molecule is CCNC(=O)c1cccc(NC(=O)CN2CCCC[C@H]2C)c1. The van der Waals surface area contributed by atoms with E-state index in [4.69, 9.17) is 0 Å². The Morgan fingerprint density at radius 3 is 2.86 bits per heavy atom. The largest absolute Gasteiger partial charge is 0.352 e. The number of nitrogens with zero attached hydrogens (tertiary/aromatic N) is 1. The lowest BCUT2D eigenvalue weighted by Crippen LogP contribution is -2.42. The summed E-state index contributed by atoms with van der Waals surface area (Å²) in [4.78, 5) is 26.2. The zero-order valence-electron chi connectivity index (χ0n) is 13.4. The molecule has 5 heteroatoms. The average Bonchev–Trinajstić information content (AvgIpc) is 2.50. The third kappa shape index (κ3) is 4.56. The Kier molecular flexibility index (Phi) is 5.95. The summed E-state index contributed by atoms with van der Waals surface area (Å²) in [6.45, 7) is 6.02. The second-order valence-electron chi connectivity index (χ2n) is 5.80. The molecule has 0 radical (unpaired) electrons. The van der Waals surface area contributed by atoms with Gasteiger partial charge in [-0.1, -0.05) is 12.5 Å². The summed E-state index contributed by atoms with van der Waals surface area (Å²) in [5.41, 5.74) is 1.23. The average molecular weight is 303 g/mol. The molecule has 2 amide bonds. The van der Waals surface area contributed by atoms with Crippen molar-refractivity contribution in [2.24, 2.45) is 0 Å². The standard InChI is InChI=1S/C17H25N3O2/c1-3-18-17(22)14-8-6-9-15(11-14)19-16(21)12-20-10-5-4-7-13(20)2/h6,8-9,11,13H,3-5,7,10,12H2,1-2H3,(H,18,22)(H,19,21)/t13-/m1/s1. The number of rotatable bonds is 5. The molecule has 1 fully saturated rings. The number of carbonyl (C=O) groups excluding carboxylic acids is 2. The van der Waals surface area contributed by atoms with Crippen LogP contribution in [0.2, 0.25) is 0 Å². The molecule has 22 heavy (non-hydrogen) atoms. The molecule has 0 unspecified atom stereocenters. The van der Waals surface area contributed by atoms with Gasteiger partial charge in [-0.15, -0.1) is 0 Å². The Morgan fingerprint density at radius 2 is 2.14 bits per heavy atom. The third-order valence-electron chi connectivity index (χ3n) is 4.03. The molecule has 120 valence electrons. The van der Waals surface area contributed by atoms with Crippen LogP contribution in [-0.2, 0) is 4.79 Å². The van der Waals surface area contributed by atoms with Crippen LogP contribution in [0.15, 0.2) is 24.3 Å². The van der Waals surface area contributed by atoms with Crippen molar-refractivity contribution in [1.29, 1.82) is 0 Å². The first kappa shape index (κ1) is 16.5. The molecule has 0 bridgehead atoms. The first-order valence-electron chi connectivity index (χ1n) is 8.02. The lowest BCUT2D eigenvalue weighted by Gasteiger charge is -2.32.